The number of nitrogens with one attached hydrogen (secondary N) is 1. The second-order valence-electron chi connectivity index (χ2n) is 4.67. The van der Waals surface area contributed by atoms with Gasteiger partial charge in [0, 0.05) is 25.8 Å². The maximum Gasteiger partial charge on any atom is 0.338 e. The van der Waals surface area contributed by atoms with Crippen molar-refractivity contribution in [1.29, 1.82) is 0 Å². The molecule has 3 amide bonds. The van der Waals surface area contributed by atoms with Crippen molar-refractivity contribution in [2.45, 2.75) is 0 Å². The van der Waals surface area contributed by atoms with Crippen molar-refractivity contribution in [3.05, 3.63) is 29.6 Å². The van der Waals surface area contributed by atoms with E-state index >= 15 is 0 Å². The summed E-state index contributed by atoms with van der Waals surface area (Å²) in [6.07, 6.45) is 0. The highest BCUT2D eigenvalue weighted by molar-refractivity contribution is 5.95. The topological polar surface area (TPSA) is 89.9 Å². The predicted molar refractivity (Wildman–Crippen MR) is 71.6 cm³/mol. The van der Waals surface area contributed by atoms with Crippen molar-refractivity contribution >= 4 is 23.6 Å². The molecule has 0 atom stereocenters. The fourth-order valence-corrected chi connectivity index (χ4v) is 1.90. The van der Waals surface area contributed by atoms with Gasteiger partial charge in [-0.25, -0.2) is 14.0 Å². The summed E-state index contributed by atoms with van der Waals surface area (Å²) in [4.78, 5) is 37.2. The summed E-state index contributed by atoms with van der Waals surface area (Å²) in [6, 6.07) is 2.73. The highest BCUT2D eigenvalue weighted by Gasteiger charge is 2.25. The number of aromatic carboxylic acids is 1. The highest BCUT2D eigenvalue weighted by Crippen LogP contribution is 2.16. The lowest BCUT2D eigenvalue weighted by molar-refractivity contribution is -0.133. The number of carbonyl (C=O) groups is 3. The first-order valence-corrected chi connectivity index (χ1v) is 6.21. The molecule has 7 nitrogen and oxygen atoms in total. The third kappa shape index (κ3) is 3.28. The maximum atomic E-state index is 13.3. The second-order valence-corrected chi connectivity index (χ2v) is 4.67. The molecule has 0 unspecified atom stereocenters. The van der Waals surface area contributed by atoms with Gasteiger partial charge >= 0.3 is 12.0 Å². The average molecular weight is 295 g/mol. The second kappa shape index (κ2) is 5.78. The molecule has 1 fully saturated rings. The number of hydrogen-bond donors (Lipinski definition) is 2. The molecule has 0 saturated carbocycles. The quantitative estimate of drug-likeness (QED) is 0.845. The maximum absolute atomic E-state index is 13.3. The van der Waals surface area contributed by atoms with E-state index in [1.165, 1.54) is 15.9 Å². The summed E-state index contributed by atoms with van der Waals surface area (Å²) in [5.41, 5.74) is -0.368. The van der Waals surface area contributed by atoms with E-state index in [0.717, 1.165) is 12.1 Å². The molecular weight excluding hydrogens is 281 g/mol. The molecule has 1 aliphatic heterocycles. The Morgan fingerprint density at radius 2 is 2.05 bits per heavy atom. The minimum Gasteiger partial charge on any atom is -0.478 e. The van der Waals surface area contributed by atoms with Gasteiger partial charge < -0.3 is 20.2 Å². The lowest BCUT2D eigenvalue weighted by Crippen LogP contribution is -2.51. The van der Waals surface area contributed by atoms with E-state index in [2.05, 4.69) is 5.32 Å². The Morgan fingerprint density at radius 3 is 2.67 bits per heavy atom. The Bertz CT molecular complexity index is 605. The molecule has 0 aromatic heterocycles. The minimum absolute atomic E-state index is 0.0463. The molecule has 2 rings (SSSR count). The summed E-state index contributed by atoms with van der Waals surface area (Å²) in [5, 5.41) is 11.3. The molecule has 1 aliphatic rings. The van der Waals surface area contributed by atoms with Gasteiger partial charge in [-0.15, -0.1) is 0 Å². The Kier molecular flexibility index (Phi) is 4.06. The number of nitrogens with zero attached hydrogens (tertiary/aromatic N) is 2. The number of piperazine rings is 1. The van der Waals surface area contributed by atoms with Crippen molar-refractivity contribution in [2.75, 3.05) is 32.0 Å². The van der Waals surface area contributed by atoms with Crippen molar-refractivity contribution in [1.82, 2.24) is 9.80 Å². The Hall–Kier alpha value is -2.64. The van der Waals surface area contributed by atoms with Gasteiger partial charge in [0.05, 0.1) is 5.56 Å². The Labute approximate surface area is 119 Å². The van der Waals surface area contributed by atoms with Crippen LogP contribution in [0.15, 0.2) is 18.2 Å². The van der Waals surface area contributed by atoms with Crippen molar-refractivity contribution < 1.29 is 23.9 Å². The zero-order valence-corrected chi connectivity index (χ0v) is 11.3. The molecule has 1 aromatic carbocycles. The van der Waals surface area contributed by atoms with Crippen molar-refractivity contribution in [2.24, 2.45) is 0 Å². The lowest BCUT2D eigenvalue weighted by Gasteiger charge is -2.31. The fourth-order valence-electron chi connectivity index (χ4n) is 1.90. The standard InChI is InChI=1S/C13H14FN3O4/c1-16-4-5-17(7-11(16)18)13(21)15-8-2-3-10(14)9(6-8)12(19)20/h2-3,6H,4-5,7H2,1H3,(H,15,21)(H,19,20). The molecule has 0 bridgehead atoms. The monoisotopic (exact) mass is 295 g/mol. The molecule has 0 radical (unpaired) electrons. The number of carboxylic acids is 1. The first-order chi connectivity index (χ1) is 9.88. The third-order valence-electron chi connectivity index (χ3n) is 3.19. The van der Waals surface area contributed by atoms with Gasteiger partial charge in [0.15, 0.2) is 0 Å². The van der Waals surface area contributed by atoms with Gasteiger partial charge in [0.25, 0.3) is 0 Å². The van der Waals surface area contributed by atoms with Crippen LogP contribution in [0.4, 0.5) is 14.9 Å². The van der Waals surface area contributed by atoms with Gasteiger partial charge in [0.2, 0.25) is 5.91 Å². The molecule has 0 aliphatic carbocycles. The minimum atomic E-state index is -1.42. The van der Waals surface area contributed by atoms with Gasteiger partial charge in [0.1, 0.15) is 12.4 Å². The van der Waals surface area contributed by atoms with Crippen molar-refractivity contribution in [3.8, 4) is 0 Å². The van der Waals surface area contributed by atoms with E-state index in [4.69, 9.17) is 5.11 Å². The normalized spacial score (nSPS) is 15.0. The lowest BCUT2D eigenvalue weighted by atomic mass is 10.2. The third-order valence-corrected chi connectivity index (χ3v) is 3.19. The zero-order valence-electron chi connectivity index (χ0n) is 11.3. The molecule has 0 spiro atoms. The van der Waals surface area contributed by atoms with E-state index in [0.29, 0.717) is 13.1 Å². The summed E-state index contributed by atoms with van der Waals surface area (Å²) in [6.45, 7) is 0.756. The smallest absolute Gasteiger partial charge is 0.338 e. The Balaban J connectivity index is 2.08. The fraction of sp³-hybridized carbons (Fsp3) is 0.308. The predicted octanol–water partition coefficient (Wildman–Crippen LogP) is 0.830. The van der Waals surface area contributed by atoms with Crippen LogP contribution in [0, 0.1) is 5.82 Å². The molecular formula is C13H14FN3O4. The summed E-state index contributed by atoms with van der Waals surface area (Å²) >= 11 is 0. The van der Waals surface area contributed by atoms with E-state index in [-0.39, 0.29) is 18.1 Å². The van der Waals surface area contributed by atoms with Gasteiger partial charge in [-0.1, -0.05) is 0 Å². The van der Waals surface area contributed by atoms with Crippen LogP contribution < -0.4 is 5.32 Å². The van der Waals surface area contributed by atoms with Crippen LogP contribution >= 0.6 is 0 Å². The number of likely N-dealkylation sites (N-methyl/N-ethyl adjacent to an activating group) is 1. The van der Waals surface area contributed by atoms with Crippen LogP contribution in [0.3, 0.4) is 0 Å². The van der Waals surface area contributed by atoms with Crippen LogP contribution in [-0.4, -0.2) is 59.5 Å². The van der Waals surface area contributed by atoms with E-state index in [9.17, 15) is 18.8 Å². The zero-order chi connectivity index (χ0) is 15.6. The number of urea groups is 1. The van der Waals surface area contributed by atoms with E-state index < -0.39 is 23.4 Å². The Morgan fingerprint density at radius 1 is 1.33 bits per heavy atom. The highest BCUT2D eigenvalue weighted by atomic mass is 19.1. The summed E-state index contributed by atoms with van der Waals surface area (Å²) in [5.74, 6) is -2.48. The van der Waals surface area contributed by atoms with Crippen LogP contribution in [0.2, 0.25) is 0 Å². The average Bonchev–Trinajstić information content (AvgIpc) is 2.43. The van der Waals surface area contributed by atoms with Crippen LogP contribution in [-0.2, 0) is 4.79 Å². The number of halogens is 1. The SMILES string of the molecule is CN1CCN(C(=O)Nc2ccc(F)c(C(=O)O)c2)CC1=O. The number of amides is 3. The number of hydrogen-bond acceptors (Lipinski definition) is 3. The molecule has 21 heavy (non-hydrogen) atoms. The van der Waals surface area contributed by atoms with Gasteiger partial charge in [-0.2, -0.15) is 0 Å². The van der Waals surface area contributed by atoms with Gasteiger partial charge in [-0.05, 0) is 18.2 Å². The first kappa shape index (κ1) is 14.8. The van der Waals surface area contributed by atoms with E-state index in [1.807, 2.05) is 0 Å². The van der Waals surface area contributed by atoms with Crippen molar-refractivity contribution in [3.63, 3.8) is 0 Å². The molecule has 1 aromatic rings. The number of benzene rings is 1. The molecule has 1 heterocycles. The van der Waals surface area contributed by atoms with Crippen LogP contribution in [0.25, 0.3) is 0 Å². The summed E-state index contributed by atoms with van der Waals surface area (Å²) in [7, 11) is 1.65. The first-order valence-electron chi connectivity index (χ1n) is 6.21. The number of carboxylic acid groups (broad SMARTS) is 1. The largest absolute Gasteiger partial charge is 0.478 e. The summed E-state index contributed by atoms with van der Waals surface area (Å²) < 4.78 is 13.3. The molecule has 112 valence electrons. The molecule has 2 N–H and O–H groups in total. The number of anilines is 1. The number of carbonyl (C=O) groups excluding carboxylic acids is 2. The van der Waals surface area contributed by atoms with Gasteiger partial charge in [-0.3, -0.25) is 4.79 Å². The van der Waals surface area contributed by atoms with E-state index in [1.54, 1.807) is 7.05 Å². The van der Waals surface area contributed by atoms with Crippen LogP contribution in [0.5, 0.6) is 0 Å². The number of rotatable bonds is 2. The molecule has 8 heteroatoms. The van der Waals surface area contributed by atoms with Crippen LogP contribution in [0.1, 0.15) is 10.4 Å². The molecule has 1 saturated heterocycles.